The molecule has 0 saturated carbocycles. The van der Waals surface area contributed by atoms with Crippen LogP contribution in [0.2, 0.25) is 0 Å². The molecule has 2 aromatic rings. The van der Waals surface area contributed by atoms with Gasteiger partial charge in [0.1, 0.15) is 24.3 Å². The van der Waals surface area contributed by atoms with E-state index in [1.54, 1.807) is 6.07 Å². The summed E-state index contributed by atoms with van der Waals surface area (Å²) >= 11 is 0. The zero-order valence-corrected chi connectivity index (χ0v) is 14.1. The van der Waals surface area contributed by atoms with Crippen molar-refractivity contribution in [1.29, 1.82) is 0 Å². The predicted octanol–water partition coefficient (Wildman–Crippen LogP) is 1.31. The van der Waals surface area contributed by atoms with Gasteiger partial charge in [-0.25, -0.2) is 9.97 Å². The number of aryl methyl sites for hydroxylation is 1. The Morgan fingerprint density at radius 1 is 1.32 bits per heavy atom. The molecule has 7 nitrogen and oxygen atoms in total. The van der Waals surface area contributed by atoms with Crippen LogP contribution in [-0.2, 0) is 13.0 Å². The van der Waals surface area contributed by atoms with Crippen LogP contribution in [-0.4, -0.2) is 52.6 Å². The van der Waals surface area contributed by atoms with E-state index in [2.05, 4.69) is 14.9 Å². The van der Waals surface area contributed by atoms with E-state index in [0.29, 0.717) is 18.0 Å². The van der Waals surface area contributed by atoms with Crippen molar-refractivity contribution >= 4 is 0 Å². The van der Waals surface area contributed by atoms with Crippen molar-refractivity contribution in [2.45, 2.75) is 26.0 Å². The first-order chi connectivity index (χ1) is 12.2. The fourth-order valence-electron chi connectivity index (χ4n) is 3.12. The lowest BCUT2D eigenvalue weighted by Crippen LogP contribution is -2.39. The first kappa shape index (κ1) is 16.1. The normalized spacial score (nSPS) is 17.2. The van der Waals surface area contributed by atoms with Gasteiger partial charge in [-0.15, -0.1) is 0 Å². The van der Waals surface area contributed by atoms with Gasteiger partial charge in [0.2, 0.25) is 6.79 Å². The average molecular weight is 343 g/mol. The van der Waals surface area contributed by atoms with Gasteiger partial charge in [0.05, 0.1) is 5.69 Å². The Morgan fingerprint density at radius 3 is 3.12 bits per heavy atom. The second kappa shape index (κ2) is 6.85. The lowest BCUT2D eigenvalue weighted by Gasteiger charge is -2.29. The Kier molecular flexibility index (Phi) is 4.42. The maximum Gasteiger partial charge on any atom is 0.231 e. The summed E-state index contributed by atoms with van der Waals surface area (Å²) in [7, 11) is 0. The number of β-amino-alcohol motifs (C(OH)–C–C–N with tert-alkyl or cyclic N) is 1. The molecule has 0 amide bonds. The summed E-state index contributed by atoms with van der Waals surface area (Å²) in [6.07, 6.45) is 2.24. The molecular formula is C18H21N3O4. The topological polar surface area (TPSA) is 76.9 Å². The molecule has 0 radical (unpaired) electrons. The van der Waals surface area contributed by atoms with Crippen molar-refractivity contribution < 1.29 is 19.3 Å². The maximum atomic E-state index is 10.3. The lowest BCUT2D eigenvalue weighted by atomic mass is 10.1. The summed E-state index contributed by atoms with van der Waals surface area (Å²) < 4.78 is 16.3. The number of rotatable bonds is 5. The number of hydrogen-bond donors (Lipinski definition) is 1. The molecule has 1 aromatic carbocycles. The minimum Gasteiger partial charge on any atom is -0.491 e. The van der Waals surface area contributed by atoms with Gasteiger partial charge in [-0.1, -0.05) is 0 Å². The molecule has 1 aromatic heterocycles. The Labute approximate surface area is 146 Å². The van der Waals surface area contributed by atoms with Gasteiger partial charge in [0.25, 0.3) is 0 Å². The quantitative estimate of drug-likeness (QED) is 0.877. The number of hydrogen-bond acceptors (Lipinski definition) is 7. The molecule has 0 aliphatic carbocycles. The standard InChI is InChI=1S/C18H21N3O4/c1-12-19-7-13-4-5-21(9-16(13)20-12)8-14(22)10-23-15-2-3-17-18(6-15)25-11-24-17/h2-3,6-7,14,22H,4-5,8-11H2,1H3/t14-/m1/s1. The first-order valence-corrected chi connectivity index (χ1v) is 8.41. The molecule has 2 aliphatic heterocycles. The third-order valence-electron chi connectivity index (χ3n) is 4.40. The van der Waals surface area contributed by atoms with Crippen LogP contribution in [0.1, 0.15) is 17.1 Å². The van der Waals surface area contributed by atoms with Crippen LogP contribution in [0.15, 0.2) is 24.4 Å². The Hall–Kier alpha value is -2.38. The van der Waals surface area contributed by atoms with E-state index in [9.17, 15) is 5.11 Å². The summed E-state index contributed by atoms with van der Waals surface area (Å²) in [5.41, 5.74) is 2.26. The van der Waals surface area contributed by atoms with E-state index in [-0.39, 0.29) is 13.4 Å². The highest BCUT2D eigenvalue weighted by molar-refractivity contribution is 5.46. The van der Waals surface area contributed by atoms with E-state index in [0.717, 1.165) is 36.8 Å². The van der Waals surface area contributed by atoms with Crippen LogP contribution in [0.25, 0.3) is 0 Å². The molecular weight excluding hydrogens is 322 g/mol. The van der Waals surface area contributed by atoms with Gasteiger partial charge in [0.15, 0.2) is 11.5 Å². The largest absolute Gasteiger partial charge is 0.491 e. The number of aliphatic hydroxyl groups excluding tert-OH is 1. The zero-order chi connectivity index (χ0) is 17.2. The highest BCUT2D eigenvalue weighted by Gasteiger charge is 2.21. The smallest absolute Gasteiger partial charge is 0.231 e. The number of ether oxygens (including phenoxy) is 3. The molecule has 7 heteroatoms. The summed E-state index contributed by atoms with van der Waals surface area (Å²) in [4.78, 5) is 11.0. The highest BCUT2D eigenvalue weighted by atomic mass is 16.7. The number of aliphatic hydroxyl groups is 1. The van der Waals surface area contributed by atoms with Crippen LogP contribution in [0.5, 0.6) is 17.2 Å². The minimum absolute atomic E-state index is 0.228. The third kappa shape index (κ3) is 3.67. The Bertz CT molecular complexity index is 768. The predicted molar refractivity (Wildman–Crippen MR) is 89.8 cm³/mol. The van der Waals surface area contributed by atoms with Crippen LogP contribution < -0.4 is 14.2 Å². The monoisotopic (exact) mass is 343 g/mol. The van der Waals surface area contributed by atoms with Crippen LogP contribution >= 0.6 is 0 Å². The fraction of sp³-hybridized carbons (Fsp3) is 0.444. The van der Waals surface area contributed by atoms with Crippen molar-refractivity contribution in [3.8, 4) is 17.2 Å². The average Bonchev–Trinajstić information content (AvgIpc) is 3.07. The SMILES string of the molecule is Cc1ncc2c(n1)CN(C[C@@H](O)COc1ccc3c(c1)OCO3)CC2. The van der Waals surface area contributed by atoms with Crippen LogP contribution in [0.3, 0.4) is 0 Å². The lowest BCUT2D eigenvalue weighted by molar-refractivity contribution is 0.0631. The van der Waals surface area contributed by atoms with Gasteiger partial charge in [-0.3, -0.25) is 4.90 Å². The number of benzene rings is 1. The molecule has 4 rings (SSSR count). The van der Waals surface area contributed by atoms with Gasteiger partial charge in [-0.2, -0.15) is 0 Å². The van der Waals surface area contributed by atoms with Crippen molar-refractivity contribution in [1.82, 2.24) is 14.9 Å². The fourth-order valence-corrected chi connectivity index (χ4v) is 3.12. The molecule has 1 atom stereocenters. The molecule has 0 unspecified atom stereocenters. The Morgan fingerprint density at radius 2 is 2.20 bits per heavy atom. The summed E-state index contributed by atoms with van der Waals surface area (Å²) in [5, 5.41) is 10.3. The minimum atomic E-state index is -0.574. The molecule has 0 fully saturated rings. The van der Waals surface area contributed by atoms with Crippen LogP contribution in [0.4, 0.5) is 0 Å². The van der Waals surface area contributed by atoms with Crippen LogP contribution in [0, 0.1) is 6.92 Å². The summed E-state index contributed by atoms with van der Waals surface area (Å²) in [6.45, 7) is 4.54. The van der Waals surface area contributed by atoms with Gasteiger partial charge < -0.3 is 19.3 Å². The Balaban J connectivity index is 1.30. The number of fused-ring (bicyclic) bond motifs is 2. The second-order valence-corrected chi connectivity index (χ2v) is 6.35. The number of nitrogens with zero attached hydrogens (tertiary/aromatic N) is 3. The molecule has 132 valence electrons. The second-order valence-electron chi connectivity index (χ2n) is 6.35. The van der Waals surface area contributed by atoms with Crippen molar-refractivity contribution in [2.75, 3.05) is 26.5 Å². The van der Waals surface area contributed by atoms with Gasteiger partial charge >= 0.3 is 0 Å². The van der Waals surface area contributed by atoms with E-state index >= 15 is 0 Å². The molecule has 2 aliphatic rings. The molecule has 1 N–H and O–H groups in total. The van der Waals surface area contributed by atoms with Crippen molar-refractivity contribution in [2.24, 2.45) is 0 Å². The molecule has 25 heavy (non-hydrogen) atoms. The third-order valence-corrected chi connectivity index (χ3v) is 4.40. The van der Waals surface area contributed by atoms with E-state index in [1.807, 2.05) is 25.3 Å². The van der Waals surface area contributed by atoms with Crippen molar-refractivity contribution in [3.05, 3.63) is 41.5 Å². The summed E-state index contributed by atoms with van der Waals surface area (Å²) in [5.74, 6) is 2.84. The zero-order valence-electron chi connectivity index (χ0n) is 14.1. The number of aromatic nitrogens is 2. The summed E-state index contributed by atoms with van der Waals surface area (Å²) in [6, 6.07) is 5.41. The van der Waals surface area contributed by atoms with E-state index < -0.39 is 6.10 Å². The van der Waals surface area contributed by atoms with Gasteiger partial charge in [0, 0.05) is 31.9 Å². The van der Waals surface area contributed by atoms with E-state index in [4.69, 9.17) is 14.2 Å². The van der Waals surface area contributed by atoms with Crippen molar-refractivity contribution in [3.63, 3.8) is 0 Å². The maximum absolute atomic E-state index is 10.3. The molecule has 0 saturated heterocycles. The highest BCUT2D eigenvalue weighted by Crippen LogP contribution is 2.35. The van der Waals surface area contributed by atoms with E-state index in [1.165, 1.54) is 5.56 Å². The van der Waals surface area contributed by atoms with Gasteiger partial charge in [-0.05, 0) is 31.0 Å². The molecule has 0 spiro atoms. The molecule has 3 heterocycles. The molecule has 0 bridgehead atoms. The first-order valence-electron chi connectivity index (χ1n) is 8.41.